The Kier molecular flexibility index (Phi) is 4.92. The molecule has 150 valence electrons. The van der Waals surface area contributed by atoms with Crippen LogP contribution in [0.5, 0.6) is 11.6 Å². The van der Waals surface area contributed by atoms with E-state index in [9.17, 15) is 4.79 Å². The van der Waals surface area contributed by atoms with Crippen molar-refractivity contribution in [2.75, 3.05) is 19.5 Å². The zero-order valence-electron chi connectivity index (χ0n) is 16.7. The lowest BCUT2D eigenvalue weighted by atomic mass is 9.95. The molecule has 29 heavy (non-hydrogen) atoms. The molecule has 0 radical (unpaired) electrons. The molecule has 1 aliphatic rings. The molecule has 4 rings (SSSR count). The molecule has 2 heterocycles. The molecule has 6 heteroatoms. The van der Waals surface area contributed by atoms with Crippen molar-refractivity contribution in [2.45, 2.75) is 25.2 Å². The molecule has 2 aromatic heterocycles. The summed E-state index contributed by atoms with van der Waals surface area (Å²) in [5.74, 6) is 1.76. The Hall–Kier alpha value is -3.41. The molecule has 0 saturated heterocycles. The first-order valence-corrected chi connectivity index (χ1v) is 9.50. The zero-order valence-corrected chi connectivity index (χ0v) is 16.7. The minimum Gasteiger partial charge on any atom is -0.497 e. The second-order valence-electron chi connectivity index (χ2n) is 7.19. The van der Waals surface area contributed by atoms with Crippen LogP contribution in [0.4, 0.5) is 5.82 Å². The van der Waals surface area contributed by atoms with E-state index in [-0.39, 0.29) is 7.33 Å². The first-order valence-electron chi connectivity index (χ1n) is 9.50. The number of pyridine rings is 2. The van der Waals surface area contributed by atoms with Crippen LogP contribution >= 0.6 is 0 Å². The highest BCUT2D eigenvalue weighted by atomic mass is 16.5. The smallest absolute Gasteiger partial charge is 0.236 e. The van der Waals surface area contributed by atoms with Gasteiger partial charge in [0.15, 0.2) is 0 Å². The van der Waals surface area contributed by atoms with Gasteiger partial charge in [0, 0.05) is 7.62 Å². The Morgan fingerprint density at radius 3 is 2.48 bits per heavy atom. The van der Waals surface area contributed by atoms with E-state index in [1.54, 1.807) is 20.4 Å². The summed E-state index contributed by atoms with van der Waals surface area (Å²) in [5.41, 5.74) is 3.01. The molecule has 0 aliphatic heterocycles. The minimum atomic E-state index is -0.495. The number of benzene rings is 1. The molecule has 1 aromatic carbocycles. The Morgan fingerprint density at radius 1 is 1.07 bits per heavy atom. The molecule has 1 amide bonds. The van der Waals surface area contributed by atoms with E-state index in [4.69, 9.17) is 9.47 Å². The summed E-state index contributed by atoms with van der Waals surface area (Å²) in [6.45, 7) is 1.97. The lowest BCUT2D eigenvalue weighted by Gasteiger charge is -2.17. The van der Waals surface area contributed by atoms with Gasteiger partial charge < -0.3 is 14.8 Å². The third kappa shape index (κ3) is 3.53. The topological polar surface area (TPSA) is 73.3 Å². The molecule has 0 spiro atoms. The van der Waals surface area contributed by atoms with Gasteiger partial charge >= 0.3 is 0 Å². The van der Waals surface area contributed by atoms with Gasteiger partial charge in [0.05, 0.1) is 30.9 Å². The van der Waals surface area contributed by atoms with Crippen LogP contribution in [-0.4, -0.2) is 30.1 Å². The van der Waals surface area contributed by atoms with Crippen LogP contribution in [0.1, 0.15) is 25.4 Å². The van der Waals surface area contributed by atoms with Gasteiger partial charge in [0.25, 0.3) is 0 Å². The predicted octanol–water partition coefficient (Wildman–Crippen LogP) is 4.39. The summed E-state index contributed by atoms with van der Waals surface area (Å²) in [5, 5.41) is 3.00. The number of aryl methyl sites for hydroxylation is 1. The highest BCUT2D eigenvalue weighted by Gasteiger charge is 2.51. The summed E-state index contributed by atoms with van der Waals surface area (Å²) in [6.07, 6.45) is 3.32. The van der Waals surface area contributed by atoms with Gasteiger partial charge in [0.1, 0.15) is 11.6 Å². The second-order valence-corrected chi connectivity index (χ2v) is 7.19. The molecule has 0 bridgehead atoms. The number of hydrogen-bond acceptors (Lipinski definition) is 5. The highest BCUT2D eigenvalue weighted by Crippen LogP contribution is 2.49. The maximum absolute atomic E-state index is 13.1. The summed E-state index contributed by atoms with van der Waals surface area (Å²) in [4.78, 5) is 22.0. The number of anilines is 1. The van der Waals surface area contributed by atoms with Gasteiger partial charge in [-0.15, -0.1) is 0 Å². The predicted molar refractivity (Wildman–Crippen MR) is 113 cm³/mol. The van der Waals surface area contributed by atoms with Crippen LogP contribution in [0, 0.1) is 6.92 Å². The number of carbonyl (C=O) groups is 1. The molecule has 1 fully saturated rings. The second kappa shape index (κ2) is 7.54. The summed E-state index contributed by atoms with van der Waals surface area (Å²) < 4.78 is 10.6. The van der Waals surface area contributed by atoms with Gasteiger partial charge in [-0.3, -0.25) is 4.79 Å². The molecular formula is C23H25N3O3. The summed E-state index contributed by atoms with van der Waals surface area (Å²) in [6, 6.07) is 15.2. The number of ether oxygens (including phenoxy) is 2. The van der Waals surface area contributed by atoms with Crippen LogP contribution in [-0.2, 0) is 10.2 Å². The van der Waals surface area contributed by atoms with E-state index in [0.717, 1.165) is 41.0 Å². The van der Waals surface area contributed by atoms with E-state index in [1.165, 1.54) is 0 Å². The van der Waals surface area contributed by atoms with Crippen LogP contribution in [0.25, 0.3) is 11.3 Å². The van der Waals surface area contributed by atoms with Crippen molar-refractivity contribution in [2.24, 2.45) is 0 Å². The fourth-order valence-corrected chi connectivity index (χ4v) is 3.52. The van der Waals surface area contributed by atoms with Gasteiger partial charge in [-0.05, 0) is 61.2 Å². The molecular weight excluding hydrogens is 366 g/mol. The lowest BCUT2D eigenvalue weighted by molar-refractivity contribution is -0.118. The normalized spacial score (nSPS) is 14.2. The van der Waals surface area contributed by atoms with Gasteiger partial charge in [-0.2, -0.15) is 0 Å². The van der Waals surface area contributed by atoms with Gasteiger partial charge in [-0.25, -0.2) is 9.97 Å². The van der Waals surface area contributed by atoms with Gasteiger partial charge in [-0.1, -0.05) is 18.2 Å². The van der Waals surface area contributed by atoms with Crippen LogP contribution in [0.3, 0.4) is 0 Å². The first kappa shape index (κ1) is 18.9. The average Bonchev–Trinajstić information content (AvgIpc) is 3.57. The van der Waals surface area contributed by atoms with Crippen molar-refractivity contribution in [3.8, 4) is 22.9 Å². The maximum Gasteiger partial charge on any atom is 0.236 e. The number of carbonyl (C=O) groups excluding carboxylic acids is 1. The van der Waals surface area contributed by atoms with Crippen LogP contribution in [0.15, 0.2) is 54.7 Å². The van der Waals surface area contributed by atoms with E-state index in [2.05, 4.69) is 15.3 Å². The van der Waals surface area contributed by atoms with Crippen molar-refractivity contribution < 1.29 is 15.7 Å². The van der Waals surface area contributed by atoms with Gasteiger partial charge in [0.2, 0.25) is 11.8 Å². The number of nitrogens with zero attached hydrogens (tertiary/aromatic N) is 2. The first-order chi connectivity index (χ1) is 14.1. The van der Waals surface area contributed by atoms with Crippen molar-refractivity contribution >= 4 is 11.7 Å². The van der Waals surface area contributed by atoms with Crippen molar-refractivity contribution in [3.05, 3.63) is 65.9 Å². The third-order valence-corrected chi connectivity index (χ3v) is 5.39. The van der Waals surface area contributed by atoms with E-state index in [0.29, 0.717) is 11.7 Å². The monoisotopic (exact) mass is 391 g/mol. The number of nitrogens with one attached hydrogen (secondary N) is 1. The molecule has 1 N–H and O–H groups in total. The fraction of sp³-hybridized carbons (Fsp3) is 0.261. The Balaban J connectivity index is 0.00000256. The summed E-state index contributed by atoms with van der Waals surface area (Å²) in [7, 11) is 3.21. The molecule has 0 atom stereocenters. The molecule has 6 nitrogen and oxygen atoms in total. The van der Waals surface area contributed by atoms with E-state index in [1.807, 2.05) is 55.5 Å². The van der Waals surface area contributed by atoms with E-state index < -0.39 is 5.41 Å². The lowest BCUT2D eigenvalue weighted by Crippen LogP contribution is -2.28. The number of rotatable bonds is 6. The summed E-state index contributed by atoms with van der Waals surface area (Å²) >= 11 is 0. The SMILES string of the molecule is COc1ccc(C2(C(=O)Nc3ccc(C)c(-c4cccnc4OC)n3)CC2)cc1.[HH]. The molecule has 0 unspecified atom stereocenters. The Bertz CT molecular complexity index is 1050. The largest absolute Gasteiger partial charge is 0.497 e. The minimum absolute atomic E-state index is 0. The van der Waals surface area contributed by atoms with E-state index >= 15 is 0 Å². The number of methoxy groups -OCH3 is 2. The Morgan fingerprint density at radius 2 is 1.83 bits per heavy atom. The highest BCUT2D eigenvalue weighted by molar-refractivity contribution is 6.01. The standard InChI is InChI=1S/C23H23N3O3.H2/c1-15-6-11-19(25-20(15)18-5-4-14-24-21(18)29-3)26-22(27)23(12-13-23)16-7-9-17(28-2)10-8-16;/h4-11,14H,12-13H2,1-3H3,(H,25,26,27);1H. The molecule has 1 saturated carbocycles. The fourth-order valence-electron chi connectivity index (χ4n) is 3.52. The molecule has 1 aliphatic carbocycles. The quantitative estimate of drug-likeness (QED) is 0.675. The molecule has 3 aromatic rings. The van der Waals surface area contributed by atoms with Crippen molar-refractivity contribution in [1.82, 2.24) is 9.97 Å². The Labute approximate surface area is 171 Å². The average molecular weight is 391 g/mol. The van der Waals surface area contributed by atoms with Crippen molar-refractivity contribution in [1.29, 1.82) is 0 Å². The third-order valence-electron chi connectivity index (χ3n) is 5.39. The maximum atomic E-state index is 13.1. The number of aromatic nitrogens is 2. The number of hydrogen-bond donors (Lipinski definition) is 1. The van der Waals surface area contributed by atoms with Crippen molar-refractivity contribution in [3.63, 3.8) is 0 Å². The number of amides is 1. The van der Waals surface area contributed by atoms with Crippen LogP contribution < -0.4 is 14.8 Å². The van der Waals surface area contributed by atoms with Crippen LogP contribution in [0.2, 0.25) is 0 Å². The zero-order chi connectivity index (χ0) is 20.4.